The van der Waals surface area contributed by atoms with Gasteiger partial charge < -0.3 is 15.6 Å². The average Bonchev–Trinajstić information content (AvgIpc) is 3.14. The second-order valence-corrected chi connectivity index (χ2v) is 10.1. The van der Waals surface area contributed by atoms with Crippen molar-refractivity contribution >= 4 is 20.9 Å². The number of nitrogens with two attached hydrogens (primary N) is 1. The Morgan fingerprint density at radius 1 is 1.19 bits per heavy atom. The minimum atomic E-state index is -3.84. The molecule has 0 aliphatic heterocycles. The third kappa shape index (κ3) is 3.45. The standard InChI is InChI=1S/C24H30N2O4S/c1-3-24(14-6-16-25)15-13-21-22(23(24)27)19-7-4-5-8-20(19)26(21)31(28,29)18-11-9-17(30-2)10-12-18/h4-5,7-12,23,27H,3,6,13-16,25H2,1-2H3/t23?,24-/m1/s1. The fourth-order valence-corrected chi connectivity index (χ4v) is 6.62. The summed E-state index contributed by atoms with van der Waals surface area (Å²) >= 11 is 0. The first-order valence-electron chi connectivity index (χ1n) is 10.8. The second kappa shape index (κ2) is 8.30. The average molecular weight is 443 g/mol. The summed E-state index contributed by atoms with van der Waals surface area (Å²) in [5, 5.41) is 12.3. The van der Waals surface area contributed by atoms with E-state index in [1.165, 1.54) is 3.97 Å². The van der Waals surface area contributed by atoms with Crippen molar-refractivity contribution in [3.63, 3.8) is 0 Å². The molecule has 1 heterocycles. The molecule has 166 valence electrons. The summed E-state index contributed by atoms with van der Waals surface area (Å²) in [7, 11) is -2.30. The van der Waals surface area contributed by atoms with Crippen LogP contribution in [0.5, 0.6) is 5.75 Å². The van der Waals surface area contributed by atoms with Crippen LogP contribution in [-0.2, 0) is 16.4 Å². The van der Waals surface area contributed by atoms with Crippen molar-refractivity contribution in [2.45, 2.75) is 50.0 Å². The van der Waals surface area contributed by atoms with Crippen molar-refractivity contribution in [1.82, 2.24) is 3.97 Å². The van der Waals surface area contributed by atoms with Crippen LogP contribution >= 0.6 is 0 Å². The SMILES string of the molecule is CC[C@@]1(CCCN)CCc2c(c3ccccc3n2S(=O)(=O)c2ccc(OC)cc2)C1O. The minimum Gasteiger partial charge on any atom is -0.497 e. The fourth-order valence-electron chi connectivity index (χ4n) is 5.03. The first kappa shape index (κ1) is 21.9. The Labute approximate surface area is 183 Å². The number of ether oxygens (including phenoxy) is 1. The summed E-state index contributed by atoms with van der Waals surface area (Å²) in [4.78, 5) is 0.196. The van der Waals surface area contributed by atoms with Gasteiger partial charge in [0, 0.05) is 22.1 Å². The normalized spacial score (nSPS) is 21.2. The van der Waals surface area contributed by atoms with Crippen molar-refractivity contribution in [3.05, 3.63) is 59.8 Å². The van der Waals surface area contributed by atoms with Crippen molar-refractivity contribution < 1.29 is 18.3 Å². The van der Waals surface area contributed by atoms with E-state index in [1.54, 1.807) is 31.4 Å². The molecule has 3 N–H and O–H groups in total. The van der Waals surface area contributed by atoms with E-state index in [0.717, 1.165) is 36.6 Å². The maximum atomic E-state index is 13.7. The van der Waals surface area contributed by atoms with Gasteiger partial charge in [-0.2, -0.15) is 0 Å². The van der Waals surface area contributed by atoms with Crippen LogP contribution in [0.2, 0.25) is 0 Å². The molecular weight excluding hydrogens is 412 g/mol. The van der Waals surface area contributed by atoms with Gasteiger partial charge in [0.25, 0.3) is 10.0 Å². The van der Waals surface area contributed by atoms with Gasteiger partial charge in [-0.25, -0.2) is 12.4 Å². The number of hydrogen-bond acceptors (Lipinski definition) is 5. The van der Waals surface area contributed by atoms with Gasteiger partial charge >= 0.3 is 0 Å². The molecule has 1 aliphatic rings. The van der Waals surface area contributed by atoms with Gasteiger partial charge in [-0.05, 0) is 69.0 Å². The topological polar surface area (TPSA) is 94.6 Å². The number of nitrogens with zero attached hydrogens (tertiary/aromatic N) is 1. The molecule has 0 amide bonds. The molecule has 31 heavy (non-hydrogen) atoms. The van der Waals surface area contributed by atoms with E-state index in [2.05, 4.69) is 6.92 Å². The largest absolute Gasteiger partial charge is 0.497 e. The summed E-state index contributed by atoms with van der Waals surface area (Å²) in [6, 6.07) is 13.9. The third-order valence-electron chi connectivity index (χ3n) is 6.86. The number of aliphatic hydroxyl groups excluding tert-OH is 1. The lowest BCUT2D eigenvalue weighted by molar-refractivity contribution is -0.00358. The Kier molecular flexibility index (Phi) is 5.85. The first-order chi connectivity index (χ1) is 14.9. The van der Waals surface area contributed by atoms with Crippen LogP contribution < -0.4 is 10.5 Å². The number of para-hydroxylation sites is 1. The maximum absolute atomic E-state index is 13.7. The van der Waals surface area contributed by atoms with E-state index >= 15 is 0 Å². The summed E-state index contributed by atoms with van der Waals surface area (Å²) in [5.74, 6) is 0.599. The van der Waals surface area contributed by atoms with Crippen molar-refractivity contribution in [2.75, 3.05) is 13.7 Å². The smallest absolute Gasteiger partial charge is 0.268 e. The zero-order valence-corrected chi connectivity index (χ0v) is 18.9. The molecule has 0 spiro atoms. The quantitative estimate of drug-likeness (QED) is 0.577. The lowest BCUT2D eigenvalue weighted by Crippen LogP contribution is -2.35. The second-order valence-electron chi connectivity index (χ2n) is 8.33. The lowest BCUT2D eigenvalue weighted by atomic mass is 9.66. The molecule has 2 aromatic carbocycles. The highest BCUT2D eigenvalue weighted by Gasteiger charge is 2.44. The Morgan fingerprint density at radius 3 is 2.55 bits per heavy atom. The number of aromatic nitrogens is 1. The van der Waals surface area contributed by atoms with Gasteiger partial charge in [0.1, 0.15) is 5.75 Å². The molecule has 1 aromatic heterocycles. The Balaban J connectivity index is 1.92. The zero-order chi connectivity index (χ0) is 22.2. The van der Waals surface area contributed by atoms with Crippen LogP contribution in [0.25, 0.3) is 10.9 Å². The fraction of sp³-hybridized carbons (Fsp3) is 0.417. The first-order valence-corrected chi connectivity index (χ1v) is 12.2. The number of aliphatic hydroxyl groups is 1. The number of fused-ring (bicyclic) bond motifs is 3. The Hall–Kier alpha value is -2.35. The Morgan fingerprint density at radius 2 is 1.90 bits per heavy atom. The van der Waals surface area contributed by atoms with Gasteiger partial charge in [-0.3, -0.25) is 0 Å². The van der Waals surface area contributed by atoms with Gasteiger partial charge in [-0.15, -0.1) is 0 Å². The molecule has 6 nitrogen and oxygen atoms in total. The van der Waals surface area contributed by atoms with Crippen LogP contribution in [-0.4, -0.2) is 31.2 Å². The van der Waals surface area contributed by atoms with Crippen LogP contribution in [0.3, 0.4) is 0 Å². The van der Waals surface area contributed by atoms with Gasteiger partial charge in [-0.1, -0.05) is 25.1 Å². The molecule has 3 aromatic rings. The van der Waals surface area contributed by atoms with E-state index in [0.29, 0.717) is 29.9 Å². The predicted octanol–water partition coefficient (Wildman–Crippen LogP) is 4.00. The summed E-state index contributed by atoms with van der Waals surface area (Å²) < 4.78 is 34.0. The molecule has 0 bridgehead atoms. The van der Waals surface area contributed by atoms with Crippen LogP contribution in [0.15, 0.2) is 53.4 Å². The monoisotopic (exact) mass is 442 g/mol. The molecule has 7 heteroatoms. The van der Waals surface area contributed by atoms with E-state index in [1.807, 2.05) is 24.3 Å². The van der Waals surface area contributed by atoms with E-state index in [9.17, 15) is 13.5 Å². The minimum absolute atomic E-state index is 0.196. The molecule has 0 fully saturated rings. The number of hydrogen-bond donors (Lipinski definition) is 2. The maximum Gasteiger partial charge on any atom is 0.268 e. The van der Waals surface area contributed by atoms with Gasteiger partial charge in [0.2, 0.25) is 0 Å². The van der Waals surface area contributed by atoms with Crippen LogP contribution in [0.1, 0.15) is 50.0 Å². The van der Waals surface area contributed by atoms with Crippen molar-refractivity contribution in [3.8, 4) is 5.75 Å². The van der Waals surface area contributed by atoms with Crippen molar-refractivity contribution in [1.29, 1.82) is 0 Å². The van der Waals surface area contributed by atoms with Crippen LogP contribution in [0, 0.1) is 5.41 Å². The summed E-state index contributed by atoms with van der Waals surface area (Å²) in [5.41, 5.74) is 7.51. The Bertz CT molecular complexity index is 1180. The number of rotatable bonds is 7. The van der Waals surface area contributed by atoms with Crippen LogP contribution in [0.4, 0.5) is 0 Å². The van der Waals surface area contributed by atoms with Gasteiger partial charge in [0.05, 0.1) is 23.6 Å². The molecule has 2 atom stereocenters. The third-order valence-corrected chi connectivity index (χ3v) is 8.63. The molecule has 1 aliphatic carbocycles. The van der Waals surface area contributed by atoms with E-state index in [4.69, 9.17) is 10.5 Å². The van der Waals surface area contributed by atoms with Gasteiger partial charge in [0.15, 0.2) is 0 Å². The lowest BCUT2D eigenvalue weighted by Gasteiger charge is -2.41. The molecule has 4 rings (SSSR count). The number of benzene rings is 2. The molecule has 0 saturated carbocycles. The summed E-state index contributed by atoms with van der Waals surface area (Å²) in [6.45, 7) is 2.67. The predicted molar refractivity (Wildman–Crippen MR) is 122 cm³/mol. The highest BCUT2D eigenvalue weighted by atomic mass is 32.2. The molecular formula is C24H30N2O4S. The number of methoxy groups -OCH3 is 1. The highest BCUT2D eigenvalue weighted by Crippen LogP contribution is 2.52. The summed E-state index contributed by atoms with van der Waals surface area (Å²) in [6.07, 6.45) is 3.07. The molecule has 0 radical (unpaired) electrons. The van der Waals surface area contributed by atoms with Crippen molar-refractivity contribution in [2.24, 2.45) is 11.1 Å². The highest BCUT2D eigenvalue weighted by molar-refractivity contribution is 7.90. The van der Waals surface area contributed by atoms with E-state index in [-0.39, 0.29) is 10.3 Å². The molecule has 1 unspecified atom stereocenters. The zero-order valence-electron chi connectivity index (χ0n) is 18.0. The molecule has 0 saturated heterocycles. The van der Waals surface area contributed by atoms with E-state index < -0.39 is 16.1 Å².